The number of sulfonamides is 1. The van der Waals surface area contributed by atoms with Crippen LogP contribution in [0.15, 0.2) is 34.2 Å². The van der Waals surface area contributed by atoms with Crippen LogP contribution in [0, 0.1) is 11.8 Å². The first-order valence-corrected chi connectivity index (χ1v) is 11.2. The summed E-state index contributed by atoms with van der Waals surface area (Å²) in [5, 5.41) is 5.71. The predicted octanol–water partition coefficient (Wildman–Crippen LogP) is 1.92. The van der Waals surface area contributed by atoms with Crippen molar-refractivity contribution in [3.8, 4) is 0 Å². The Balaban J connectivity index is 1.62. The molecule has 154 valence electrons. The van der Waals surface area contributed by atoms with Gasteiger partial charge in [-0.05, 0) is 42.5 Å². The monoisotopic (exact) mass is 407 g/mol. The van der Waals surface area contributed by atoms with E-state index >= 15 is 0 Å². The van der Waals surface area contributed by atoms with Crippen LogP contribution >= 0.6 is 0 Å². The molecule has 1 amide bonds. The minimum Gasteiger partial charge on any atom is -0.343 e. The lowest BCUT2D eigenvalue weighted by atomic mass is 9.77. The van der Waals surface area contributed by atoms with Gasteiger partial charge in [-0.3, -0.25) is 9.69 Å². The van der Waals surface area contributed by atoms with E-state index in [1.807, 2.05) is 0 Å². The number of aliphatic imine (C=N–C) groups is 1. The summed E-state index contributed by atoms with van der Waals surface area (Å²) in [7, 11) is -3.74. The average molecular weight is 408 g/mol. The normalized spacial score (nSPS) is 26.1. The van der Waals surface area contributed by atoms with Gasteiger partial charge in [-0.1, -0.05) is 26.7 Å². The third-order valence-electron chi connectivity index (χ3n) is 5.71. The first-order chi connectivity index (χ1) is 13.3. The number of nitrogens with one attached hydrogen (secondary N) is 3. The molecule has 1 heterocycles. The van der Waals surface area contributed by atoms with E-state index in [2.05, 4.69) is 39.1 Å². The highest BCUT2D eigenvalue weighted by Crippen LogP contribution is 2.32. The van der Waals surface area contributed by atoms with E-state index in [0.29, 0.717) is 36.9 Å². The molecule has 1 aliphatic carbocycles. The number of hydrogen-bond donors (Lipinski definition) is 3. The molecule has 1 aliphatic heterocycles. The summed E-state index contributed by atoms with van der Waals surface area (Å²) >= 11 is 0. The third kappa shape index (κ3) is 4.82. The molecule has 28 heavy (non-hydrogen) atoms. The molecule has 0 saturated heterocycles. The van der Waals surface area contributed by atoms with Crippen molar-refractivity contribution >= 4 is 27.6 Å². The third-order valence-corrected chi connectivity index (χ3v) is 7.06. The molecule has 3 atom stereocenters. The summed E-state index contributed by atoms with van der Waals surface area (Å²) in [6.45, 7) is 7.05. The highest BCUT2D eigenvalue weighted by Gasteiger charge is 2.32. The molecule has 1 aromatic carbocycles. The van der Waals surface area contributed by atoms with Gasteiger partial charge < -0.3 is 10.6 Å². The van der Waals surface area contributed by atoms with Crippen molar-refractivity contribution in [2.75, 3.05) is 18.7 Å². The zero-order valence-electron chi connectivity index (χ0n) is 16.6. The zero-order valence-corrected chi connectivity index (χ0v) is 17.4. The van der Waals surface area contributed by atoms with Gasteiger partial charge in [0.15, 0.2) is 0 Å². The van der Waals surface area contributed by atoms with Crippen LogP contribution in [0.4, 0.5) is 5.69 Å². The second-order valence-corrected chi connectivity index (χ2v) is 9.40. The lowest BCUT2D eigenvalue weighted by molar-refractivity contribution is -0.114. The van der Waals surface area contributed by atoms with E-state index in [1.54, 1.807) is 12.1 Å². The van der Waals surface area contributed by atoms with Crippen LogP contribution in [-0.2, 0) is 14.8 Å². The van der Waals surface area contributed by atoms with Crippen molar-refractivity contribution in [2.45, 2.75) is 51.0 Å². The SMILES string of the molecule is CC(=O)Nc1ccc(S(=O)(=O)NC2=NCN([C@@H]3CCC[C@H](C)[C@H]3C)CN2)cc1. The molecule has 0 aromatic heterocycles. The van der Waals surface area contributed by atoms with Crippen LogP contribution in [0.25, 0.3) is 0 Å². The Bertz CT molecular complexity index is 838. The lowest BCUT2D eigenvalue weighted by Crippen LogP contribution is -2.55. The molecular formula is C19H29N5O3S. The molecule has 8 nitrogen and oxygen atoms in total. The molecule has 0 radical (unpaired) electrons. The van der Waals surface area contributed by atoms with Crippen LogP contribution in [0.1, 0.15) is 40.0 Å². The standard InChI is InChI=1S/C19H29N5O3S/c1-13-5-4-6-18(14(13)2)24-11-20-19(21-12-24)23-28(26,27)17-9-7-16(8-10-17)22-15(3)25/h7-10,13-14,18H,4-6,11-12H2,1-3H3,(H,22,25)(H2,20,21,23)/t13-,14+,18+/m0/s1. The molecule has 3 rings (SSSR count). The predicted molar refractivity (Wildman–Crippen MR) is 109 cm³/mol. The highest BCUT2D eigenvalue weighted by molar-refractivity contribution is 7.90. The van der Waals surface area contributed by atoms with Gasteiger partial charge in [-0.2, -0.15) is 0 Å². The van der Waals surface area contributed by atoms with Crippen LogP contribution < -0.4 is 15.4 Å². The topological polar surface area (TPSA) is 103 Å². The fourth-order valence-electron chi connectivity index (χ4n) is 3.91. The summed E-state index contributed by atoms with van der Waals surface area (Å²) in [5.74, 6) is 1.36. The van der Waals surface area contributed by atoms with E-state index in [9.17, 15) is 13.2 Å². The number of anilines is 1. The van der Waals surface area contributed by atoms with Gasteiger partial charge in [0.1, 0.15) is 0 Å². The van der Waals surface area contributed by atoms with E-state index in [0.717, 1.165) is 6.42 Å². The van der Waals surface area contributed by atoms with Crippen LogP contribution in [0.3, 0.4) is 0 Å². The Hall–Kier alpha value is -2.13. The number of guanidine groups is 1. The van der Waals surface area contributed by atoms with Crippen molar-refractivity contribution in [3.05, 3.63) is 24.3 Å². The van der Waals surface area contributed by atoms with Crippen LogP contribution in [0.2, 0.25) is 0 Å². The molecule has 1 aromatic rings. The van der Waals surface area contributed by atoms with Crippen molar-refractivity contribution < 1.29 is 13.2 Å². The molecular weight excluding hydrogens is 378 g/mol. The molecule has 3 N–H and O–H groups in total. The Morgan fingerprint density at radius 3 is 2.54 bits per heavy atom. The van der Waals surface area contributed by atoms with E-state index in [-0.39, 0.29) is 16.8 Å². The number of carbonyl (C=O) groups is 1. The first-order valence-electron chi connectivity index (χ1n) is 9.69. The number of nitrogens with zero attached hydrogens (tertiary/aromatic N) is 2. The minimum atomic E-state index is -3.74. The van der Waals surface area contributed by atoms with Gasteiger partial charge in [-0.25, -0.2) is 18.1 Å². The van der Waals surface area contributed by atoms with Crippen LogP contribution in [0.5, 0.6) is 0 Å². The summed E-state index contributed by atoms with van der Waals surface area (Å²) in [5.41, 5.74) is 0.547. The molecule has 2 aliphatic rings. The highest BCUT2D eigenvalue weighted by atomic mass is 32.2. The van der Waals surface area contributed by atoms with E-state index in [1.165, 1.54) is 31.9 Å². The van der Waals surface area contributed by atoms with Crippen molar-refractivity contribution in [3.63, 3.8) is 0 Å². The molecule has 1 fully saturated rings. The second-order valence-electron chi connectivity index (χ2n) is 7.72. The Morgan fingerprint density at radius 1 is 1.21 bits per heavy atom. The number of rotatable bonds is 4. The number of amides is 1. The van der Waals surface area contributed by atoms with Crippen molar-refractivity contribution in [1.29, 1.82) is 0 Å². The maximum Gasteiger partial charge on any atom is 0.264 e. The summed E-state index contributed by atoms with van der Waals surface area (Å²) in [6.07, 6.45) is 3.66. The number of carbonyl (C=O) groups excluding carboxylic acids is 1. The van der Waals surface area contributed by atoms with Crippen molar-refractivity contribution in [2.24, 2.45) is 16.8 Å². The van der Waals surface area contributed by atoms with Gasteiger partial charge >= 0.3 is 0 Å². The molecule has 1 saturated carbocycles. The first kappa shape index (κ1) is 20.6. The number of benzene rings is 1. The zero-order chi connectivity index (χ0) is 20.3. The van der Waals surface area contributed by atoms with Crippen molar-refractivity contribution in [1.82, 2.24) is 14.9 Å². The maximum absolute atomic E-state index is 12.6. The smallest absolute Gasteiger partial charge is 0.264 e. The number of hydrogen-bond acceptors (Lipinski definition) is 6. The van der Waals surface area contributed by atoms with Gasteiger partial charge in [0.25, 0.3) is 10.0 Å². The van der Waals surface area contributed by atoms with E-state index in [4.69, 9.17) is 0 Å². The van der Waals surface area contributed by atoms with Crippen LogP contribution in [-0.4, -0.2) is 44.6 Å². The maximum atomic E-state index is 12.6. The largest absolute Gasteiger partial charge is 0.343 e. The van der Waals surface area contributed by atoms with E-state index < -0.39 is 10.0 Å². The molecule has 0 bridgehead atoms. The quantitative estimate of drug-likeness (QED) is 0.708. The molecule has 0 spiro atoms. The molecule has 9 heteroatoms. The lowest BCUT2D eigenvalue weighted by Gasteiger charge is -2.42. The Kier molecular flexibility index (Phi) is 6.24. The Morgan fingerprint density at radius 2 is 1.93 bits per heavy atom. The summed E-state index contributed by atoms with van der Waals surface area (Å²) in [6, 6.07) is 6.49. The van der Waals surface area contributed by atoms with Gasteiger partial charge in [-0.15, -0.1) is 0 Å². The Labute approximate surface area is 166 Å². The fourth-order valence-corrected chi connectivity index (χ4v) is 4.91. The summed E-state index contributed by atoms with van der Waals surface area (Å²) in [4.78, 5) is 17.9. The second kappa shape index (κ2) is 8.48. The fraction of sp³-hybridized carbons (Fsp3) is 0.579. The molecule has 0 unspecified atom stereocenters. The van der Waals surface area contributed by atoms with Gasteiger partial charge in [0.05, 0.1) is 18.2 Å². The van der Waals surface area contributed by atoms with Gasteiger partial charge in [0.2, 0.25) is 11.9 Å². The summed E-state index contributed by atoms with van der Waals surface area (Å²) < 4.78 is 27.7. The minimum absolute atomic E-state index is 0.114. The van der Waals surface area contributed by atoms with Gasteiger partial charge in [0, 0.05) is 18.7 Å². The average Bonchev–Trinajstić information content (AvgIpc) is 2.64.